The standard InChI is InChI=1S/C6H11N3/c7-5-3-1-2-4-6(5)9-8/h3-4,9H,1-2,7-8H2. The highest BCUT2D eigenvalue weighted by molar-refractivity contribution is 5.28. The minimum absolute atomic E-state index is 0.753. The fraction of sp³-hybridized carbons (Fsp3) is 0.333. The van der Waals surface area contributed by atoms with Crippen LogP contribution >= 0.6 is 0 Å². The van der Waals surface area contributed by atoms with Crippen LogP contribution in [0.5, 0.6) is 0 Å². The van der Waals surface area contributed by atoms with Crippen molar-refractivity contribution < 1.29 is 0 Å². The van der Waals surface area contributed by atoms with Gasteiger partial charge in [0.1, 0.15) is 0 Å². The Labute approximate surface area is 54.4 Å². The summed E-state index contributed by atoms with van der Waals surface area (Å²) in [5, 5.41) is 0. The molecular weight excluding hydrogens is 114 g/mol. The first-order valence-corrected chi connectivity index (χ1v) is 2.97. The van der Waals surface area contributed by atoms with Crippen molar-refractivity contribution in [2.45, 2.75) is 12.8 Å². The van der Waals surface area contributed by atoms with Crippen molar-refractivity contribution in [2.75, 3.05) is 0 Å². The summed E-state index contributed by atoms with van der Waals surface area (Å²) in [5.41, 5.74) is 9.66. The Balaban J connectivity index is 2.68. The van der Waals surface area contributed by atoms with Crippen LogP contribution in [0, 0.1) is 0 Å². The van der Waals surface area contributed by atoms with Gasteiger partial charge in [0, 0.05) is 0 Å². The molecule has 1 aliphatic carbocycles. The average molecular weight is 125 g/mol. The van der Waals surface area contributed by atoms with Crippen molar-refractivity contribution in [1.29, 1.82) is 0 Å². The Morgan fingerprint density at radius 1 is 1.33 bits per heavy atom. The fourth-order valence-corrected chi connectivity index (χ4v) is 0.837. The Kier molecular flexibility index (Phi) is 1.75. The lowest BCUT2D eigenvalue weighted by Gasteiger charge is -2.10. The predicted octanol–water partition coefficient (Wildman–Crippen LogP) is -0.0300. The average Bonchev–Trinajstić information content (AvgIpc) is 1.89. The second kappa shape index (κ2) is 2.55. The predicted molar refractivity (Wildman–Crippen MR) is 36.9 cm³/mol. The molecule has 0 heterocycles. The molecule has 0 saturated heterocycles. The first-order valence-electron chi connectivity index (χ1n) is 2.97. The lowest BCUT2D eigenvalue weighted by molar-refractivity contribution is 0.843. The smallest absolute Gasteiger partial charge is 0.0672 e. The topological polar surface area (TPSA) is 64.1 Å². The highest BCUT2D eigenvalue weighted by Gasteiger charge is 2.00. The molecule has 50 valence electrons. The molecule has 0 aromatic carbocycles. The quantitative estimate of drug-likeness (QED) is 0.340. The first-order chi connectivity index (χ1) is 4.34. The normalized spacial score (nSPS) is 18.3. The second-order valence-corrected chi connectivity index (χ2v) is 2.00. The Bertz CT molecular complexity index is 158. The molecule has 3 heteroatoms. The van der Waals surface area contributed by atoms with Crippen molar-refractivity contribution in [3.63, 3.8) is 0 Å². The van der Waals surface area contributed by atoms with E-state index in [1.165, 1.54) is 0 Å². The van der Waals surface area contributed by atoms with Crippen LogP contribution in [0.25, 0.3) is 0 Å². The van der Waals surface area contributed by atoms with Crippen molar-refractivity contribution in [3.05, 3.63) is 23.5 Å². The van der Waals surface area contributed by atoms with E-state index in [0.29, 0.717) is 0 Å². The number of hydrogen-bond acceptors (Lipinski definition) is 3. The van der Waals surface area contributed by atoms with E-state index < -0.39 is 0 Å². The number of rotatable bonds is 1. The van der Waals surface area contributed by atoms with Gasteiger partial charge in [0.2, 0.25) is 0 Å². The third-order valence-corrected chi connectivity index (χ3v) is 1.35. The molecule has 0 fully saturated rings. The third kappa shape index (κ3) is 1.23. The van der Waals surface area contributed by atoms with Gasteiger partial charge in [-0.1, -0.05) is 12.2 Å². The molecule has 0 atom stereocenters. The van der Waals surface area contributed by atoms with E-state index >= 15 is 0 Å². The molecule has 0 radical (unpaired) electrons. The highest BCUT2D eigenvalue weighted by Crippen LogP contribution is 2.09. The molecule has 0 aliphatic heterocycles. The van der Waals surface area contributed by atoms with Crippen molar-refractivity contribution in [1.82, 2.24) is 5.43 Å². The summed E-state index contributed by atoms with van der Waals surface area (Å²) >= 11 is 0. The van der Waals surface area contributed by atoms with E-state index in [9.17, 15) is 0 Å². The van der Waals surface area contributed by atoms with Crippen LogP contribution in [-0.2, 0) is 0 Å². The fourth-order valence-electron chi connectivity index (χ4n) is 0.837. The van der Waals surface area contributed by atoms with Gasteiger partial charge in [-0.15, -0.1) is 0 Å². The van der Waals surface area contributed by atoms with E-state index in [4.69, 9.17) is 11.6 Å². The largest absolute Gasteiger partial charge is 0.397 e. The molecule has 0 spiro atoms. The Hall–Kier alpha value is -0.960. The molecule has 1 aliphatic rings. The number of hydrazine groups is 1. The number of nitrogens with one attached hydrogen (secondary N) is 1. The Morgan fingerprint density at radius 3 is 2.44 bits per heavy atom. The SMILES string of the molecule is NNC1=CCCC=C1N. The maximum atomic E-state index is 5.54. The van der Waals surface area contributed by atoms with Crippen LogP contribution in [-0.4, -0.2) is 0 Å². The molecule has 9 heavy (non-hydrogen) atoms. The lowest BCUT2D eigenvalue weighted by Crippen LogP contribution is -2.26. The highest BCUT2D eigenvalue weighted by atomic mass is 15.2. The number of allylic oxidation sites excluding steroid dienone is 2. The van der Waals surface area contributed by atoms with Gasteiger partial charge in [-0.3, -0.25) is 5.84 Å². The van der Waals surface area contributed by atoms with Crippen molar-refractivity contribution >= 4 is 0 Å². The first kappa shape index (κ1) is 6.16. The van der Waals surface area contributed by atoms with Crippen LogP contribution < -0.4 is 17.0 Å². The number of hydrogen-bond donors (Lipinski definition) is 3. The molecular formula is C6H11N3. The summed E-state index contributed by atoms with van der Waals surface area (Å²) in [7, 11) is 0. The van der Waals surface area contributed by atoms with Crippen LogP contribution in [0.3, 0.4) is 0 Å². The summed E-state index contributed by atoms with van der Waals surface area (Å²) < 4.78 is 0. The summed E-state index contributed by atoms with van der Waals surface area (Å²) in [6, 6.07) is 0. The van der Waals surface area contributed by atoms with Gasteiger partial charge in [0.15, 0.2) is 0 Å². The van der Waals surface area contributed by atoms with Crippen LogP contribution in [0.15, 0.2) is 23.5 Å². The minimum atomic E-state index is 0.753. The molecule has 0 aromatic rings. The van der Waals surface area contributed by atoms with E-state index in [1.54, 1.807) is 0 Å². The molecule has 0 amide bonds. The zero-order valence-corrected chi connectivity index (χ0v) is 5.22. The van der Waals surface area contributed by atoms with E-state index in [-0.39, 0.29) is 0 Å². The maximum absolute atomic E-state index is 5.54. The molecule has 1 rings (SSSR count). The zero-order chi connectivity index (χ0) is 6.69. The monoisotopic (exact) mass is 125 g/mol. The van der Waals surface area contributed by atoms with Crippen LogP contribution in [0.2, 0.25) is 0 Å². The van der Waals surface area contributed by atoms with Gasteiger partial charge in [0.25, 0.3) is 0 Å². The lowest BCUT2D eigenvalue weighted by atomic mass is 10.1. The minimum Gasteiger partial charge on any atom is -0.397 e. The van der Waals surface area contributed by atoms with Gasteiger partial charge >= 0.3 is 0 Å². The molecule has 0 aromatic heterocycles. The van der Waals surface area contributed by atoms with Gasteiger partial charge in [-0.25, -0.2) is 0 Å². The molecule has 0 unspecified atom stereocenters. The summed E-state index contributed by atoms with van der Waals surface area (Å²) in [6.07, 6.45) is 6.02. The van der Waals surface area contributed by atoms with Crippen LogP contribution in [0.1, 0.15) is 12.8 Å². The van der Waals surface area contributed by atoms with Gasteiger partial charge in [-0.05, 0) is 12.8 Å². The zero-order valence-electron chi connectivity index (χ0n) is 5.22. The summed E-state index contributed by atoms with van der Waals surface area (Å²) in [5.74, 6) is 5.15. The molecule has 0 bridgehead atoms. The molecule has 0 saturated carbocycles. The van der Waals surface area contributed by atoms with Gasteiger partial charge < -0.3 is 11.2 Å². The van der Waals surface area contributed by atoms with Gasteiger partial charge in [-0.2, -0.15) is 0 Å². The van der Waals surface area contributed by atoms with E-state index in [1.807, 2.05) is 12.2 Å². The second-order valence-electron chi connectivity index (χ2n) is 2.00. The van der Waals surface area contributed by atoms with Crippen molar-refractivity contribution in [3.8, 4) is 0 Å². The van der Waals surface area contributed by atoms with E-state index in [0.717, 1.165) is 24.2 Å². The maximum Gasteiger partial charge on any atom is 0.0672 e. The summed E-state index contributed by atoms with van der Waals surface area (Å²) in [4.78, 5) is 0. The number of nitrogens with two attached hydrogens (primary N) is 2. The summed E-state index contributed by atoms with van der Waals surface area (Å²) in [6.45, 7) is 0. The Morgan fingerprint density at radius 2 is 2.00 bits per heavy atom. The third-order valence-electron chi connectivity index (χ3n) is 1.35. The molecule has 3 nitrogen and oxygen atoms in total. The van der Waals surface area contributed by atoms with Crippen molar-refractivity contribution in [2.24, 2.45) is 11.6 Å². The van der Waals surface area contributed by atoms with Gasteiger partial charge in [0.05, 0.1) is 11.4 Å². The van der Waals surface area contributed by atoms with Crippen LogP contribution in [0.4, 0.5) is 0 Å². The van der Waals surface area contributed by atoms with E-state index in [2.05, 4.69) is 5.43 Å². The molecule has 5 N–H and O–H groups in total.